The number of ether oxygens (including phenoxy) is 1. The first kappa shape index (κ1) is 24.0. The molecular formula is C22H30N2O4SSi. The summed E-state index contributed by atoms with van der Waals surface area (Å²) in [5.41, 5.74) is 1.69. The SMILES string of the molecule is Cc1ccc(S(=O)(=O)N=Nc2ccc(C(=O)OCC[Si](C)(C)C(C)(C)C)cc2)cc1. The van der Waals surface area contributed by atoms with Gasteiger partial charge in [-0.25, -0.2) is 4.79 Å². The number of aryl methyl sites for hydroxylation is 1. The van der Waals surface area contributed by atoms with Gasteiger partial charge in [-0.2, -0.15) is 8.42 Å². The first-order valence-corrected chi connectivity index (χ1v) is 14.5. The highest BCUT2D eigenvalue weighted by molar-refractivity contribution is 7.90. The zero-order valence-electron chi connectivity index (χ0n) is 18.5. The van der Waals surface area contributed by atoms with Crippen molar-refractivity contribution in [2.24, 2.45) is 9.63 Å². The Morgan fingerprint density at radius 3 is 2.10 bits per heavy atom. The molecular weight excluding hydrogens is 416 g/mol. The number of carbonyl (C=O) groups is 1. The average molecular weight is 447 g/mol. The fourth-order valence-electron chi connectivity index (χ4n) is 2.38. The number of nitrogens with zero attached hydrogens (tertiary/aromatic N) is 2. The van der Waals surface area contributed by atoms with Gasteiger partial charge in [-0.15, -0.1) is 5.11 Å². The average Bonchev–Trinajstić information content (AvgIpc) is 2.66. The molecule has 30 heavy (non-hydrogen) atoms. The normalized spacial score (nSPS) is 12.9. The lowest BCUT2D eigenvalue weighted by Gasteiger charge is -2.36. The highest BCUT2D eigenvalue weighted by atomic mass is 32.2. The van der Waals surface area contributed by atoms with Gasteiger partial charge in [-0.3, -0.25) is 0 Å². The molecule has 0 saturated carbocycles. The fraction of sp³-hybridized carbons (Fsp3) is 0.409. The maximum atomic E-state index is 12.3. The molecule has 0 unspecified atom stereocenters. The van der Waals surface area contributed by atoms with Crippen molar-refractivity contribution in [2.45, 2.75) is 56.8 Å². The van der Waals surface area contributed by atoms with Crippen LogP contribution in [0.15, 0.2) is 63.1 Å². The Labute approximate surface area is 180 Å². The number of hydrogen-bond acceptors (Lipinski definition) is 5. The zero-order valence-corrected chi connectivity index (χ0v) is 20.3. The third kappa shape index (κ3) is 6.34. The maximum absolute atomic E-state index is 12.3. The van der Waals surface area contributed by atoms with Gasteiger partial charge < -0.3 is 4.74 Å². The number of rotatable bonds is 7. The monoisotopic (exact) mass is 446 g/mol. The molecule has 0 aliphatic carbocycles. The van der Waals surface area contributed by atoms with E-state index in [1.807, 2.05) is 6.92 Å². The van der Waals surface area contributed by atoms with E-state index in [0.29, 0.717) is 17.9 Å². The quantitative estimate of drug-likeness (QED) is 0.291. The molecule has 2 rings (SSSR count). The Bertz CT molecular complexity index is 1010. The molecule has 0 aromatic heterocycles. The van der Waals surface area contributed by atoms with E-state index in [1.54, 1.807) is 36.4 Å². The summed E-state index contributed by atoms with van der Waals surface area (Å²) in [6.45, 7) is 13.5. The molecule has 0 aliphatic rings. The van der Waals surface area contributed by atoms with E-state index in [2.05, 4.69) is 43.5 Å². The van der Waals surface area contributed by atoms with Gasteiger partial charge in [0.2, 0.25) is 0 Å². The van der Waals surface area contributed by atoms with Gasteiger partial charge in [0.25, 0.3) is 10.0 Å². The first-order valence-electron chi connectivity index (χ1n) is 9.84. The van der Waals surface area contributed by atoms with Gasteiger partial charge in [0, 0.05) is 0 Å². The van der Waals surface area contributed by atoms with Gasteiger partial charge in [0.15, 0.2) is 0 Å². The Morgan fingerprint density at radius 2 is 1.57 bits per heavy atom. The molecule has 0 amide bonds. The van der Waals surface area contributed by atoms with Crippen LogP contribution in [-0.2, 0) is 14.8 Å². The Kier molecular flexibility index (Phi) is 7.36. The van der Waals surface area contributed by atoms with Crippen LogP contribution < -0.4 is 0 Å². The van der Waals surface area contributed by atoms with Gasteiger partial charge >= 0.3 is 5.97 Å². The predicted molar refractivity (Wildman–Crippen MR) is 122 cm³/mol. The molecule has 0 atom stereocenters. The number of carbonyl (C=O) groups excluding carboxylic acids is 1. The summed E-state index contributed by atoms with van der Waals surface area (Å²) in [4.78, 5) is 12.3. The molecule has 162 valence electrons. The van der Waals surface area contributed by atoms with Crippen LogP contribution in [0.5, 0.6) is 0 Å². The second-order valence-electron chi connectivity index (χ2n) is 9.04. The van der Waals surface area contributed by atoms with Gasteiger partial charge in [-0.05, 0) is 54.4 Å². The summed E-state index contributed by atoms with van der Waals surface area (Å²) in [6.07, 6.45) is 0. The van der Waals surface area contributed by atoms with Crippen LogP contribution in [-0.4, -0.2) is 29.1 Å². The first-order chi connectivity index (χ1) is 13.8. The molecule has 0 saturated heterocycles. The Morgan fingerprint density at radius 1 is 1.00 bits per heavy atom. The summed E-state index contributed by atoms with van der Waals surface area (Å²) in [7, 11) is -5.37. The van der Waals surface area contributed by atoms with Gasteiger partial charge in [0.1, 0.15) is 0 Å². The van der Waals surface area contributed by atoms with E-state index in [4.69, 9.17) is 4.74 Å². The number of sulfonamides is 1. The fourth-order valence-corrected chi connectivity index (χ4v) is 4.52. The third-order valence-electron chi connectivity index (χ3n) is 5.68. The van der Waals surface area contributed by atoms with Crippen LogP contribution in [0.1, 0.15) is 36.7 Å². The molecule has 0 aliphatic heterocycles. The minimum Gasteiger partial charge on any atom is -0.462 e. The molecule has 0 radical (unpaired) electrons. The molecule has 8 heteroatoms. The number of esters is 1. The van der Waals surface area contributed by atoms with Crippen molar-refractivity contribution in [1.29, 1.82) is 0 Å². The Hall–Kier alpha value is -2.32. The van der Waals surface area contributed by atoms with Crippen LogP contribution in [0.2, 0.25) is 24.2 Å². The summed E-state index contributed by atoms with van der Waals surface area (Å²) < 4.78 is 33.4. The highest BCUT2D eigenvalue weighted by Crippen LogP contribution is 2.38. The van der Waals surface area contributed by atoms with Crippen molar-refractivity contribution in [3.8, 4) is 0 Å². The van der Waals surface area contributed by atoms with E-state index in [9.17, 15) is 13.2 Å². The number of hydrogen-bond donors (Lipinski definition) is 0. The van der Waals surface area contributed by atoms with E-state index < -0.39 is 24.1 Å². The topological polar surface area (TPSA) is 85.2 Å². The van der Waals surface area contributed by atoms with Crippen LogP contribution in [0, 0.1) is 6.92 Å². The van der Waals surface area contributed by atoms with E-state index in [-0.39, 0.29) is 9.93 Å². The van der Waals surface area contributed by atoms with E-state index >= 15 is 0 Å². The lowest BCUT2D eigenvalue weighted by Crippen LogP contribution is -2.38. The molecule has 0 N–H and O–H groups in total. The lowest BCUT2D eigenvalue weighted by atomic mass is 10.2. The van der Waals surface area contributed by atoms with E-state index in [0.717, 1.165) is 11.6 Å². The zero-order chi connectivity index (χ0) is 22.6. The van der Waals surface area contributed by atoms with E-state index in [1.165, 1.54) is 12.1 Å². The minimum absolute atomic E-state index is 0.0822. The van der Waals surface area contributed by atoms with Crippen LogP contribution >= 0.6 is 0 Å². The molecule has 0 bridgehead atoms. The summed E-state index contributed by atoms with van der Waals surface area (Å²) in [5.74, 6) is -0.399. The van der Waals surface area contributed by atoms with Gasteiger partial charge in [-0.1, -0.05) is 56.1 Å². The van der Waals surface area contributed by atoms with Crippen LogP contribution in [0.3, 0.4) is 0 Å². The second kappa shape index (κ2) is 9.22. The van der Waals surface area contributed by atoms with Crippen LogP contribution in [0.4, 0.5) is 5.69 Å². The minimum atomic E-state index is -3.87. The third-order valence-corrected chi connectivity index (χ3v) is 12.4. The molecule has 0 fully saturated rings. The van der Waals surface area contributed by atoms with Crippen molar-refractivity contribution in [2.75, 3.05) is 6.61 Å². The van der Waals surface area contributed by atoms with Gasteiger partial charge in [0.05, 0.1) is 30.8 Å². The van der Waals surface area contributed by atoms with Crippen molar-refractivity contribution >= 4 is 29.8 Å². The summed E-state index contributed by atoms with van der Waals surface area (Å²) >= 11 is 0. The standard InChI is InChI=1S/C22H30N2O4SSi/c1-17-7-13-20(14-8-17)29(26,27)24-23-19-11-9-18(10-12-19)21(25)28-15-16-30(5,6)22(2,3)4/h7-14H,15-16H2,1-6H3. The van der Waals surface area contributed by atoms with Crippen molar-refractivity contribution < 1.29 is 17.9 Å². The molecule has 2 aromatic rings. The molecule has 0 spiro atoms. The molecule has 6 nitrogen and oxygen atoms in total. The Balaban J connectivity index is 1.98. The lowest BCUT2D eigenvalue weighted by molar-refractivity contribution is 0.0524. The number of benzene rings is 2. The van der Waals surface area contributed by atoms with Crippen molar-refractivity contribution in [3.05, 3.63) is 59.7 Å². The summed E-state index contributed by atoms with van der Waals surface area (Å²) in [6, 6.07) is 13.5. The van der Waals surface area contributed by atoms with Crippen molar-refractivity contribution in [3.63, 3.8) is 0 Å². The second-order valence-corrected chi connectivity index (χ2v) is 16.4. The molecule has 2 aromatic carbocycles. The predicted octanol–water partition coefficient (Wildman–Crippen LogP) is 6.13. The maximum Gasteiger partial charge on any atom is 0.338 e. The largest absolute Gasteiger partial charge is 0.462 e. The molecule has 0 heterocycles. The summed E-state index contributed by atoms with van der Waals surface area (Å²) in [5, 5.41) is 4.03. The van der Waals surface area contributed by atoms with Crippen molar-refractivity contribution in [1.82, 2.24) is 0 Å². The highest BCUT2D eigenvalue weighted by Gasteiger charge is 2.34. The smallest absolute Gasteiger partial charge is 0.338 e. The van der Waals surface area contributed by atoms with Crippen LogP contribution in [0.25, 0.3) is 0 Å².